The van der Waals surface area contributed by atoms with E-state index in [1.54, 1.807) is 30.9 Å². The summed E-state index contributed by atoms with van der Waals surface area (Å²) >= 11 is 1.04. The summed E-state index contributed by atoms with van der Waals surface area (Å²) in [5, 5.41) is 13.2. The van der Waals surface area contributed by atoms with Crippen molar-refractivity contribution in [2.75, 3.05) is 26.8 Å². The van der Waals surface area contributed by atoms with E-state index < -0.39 is 5.97 Å². The summed E-state index contributed by atoms with van der Waals surface area (Å²) in [7, 11) is 6.27. The maximum absolute atomic E-state index is 12.2. The van der Waals surface area contributed by atoms with Crippen LogP contribution in [0.5, 0.6) is 11.5 Å². The van der Waals surface area contributed by atoms with Gasteiger partial charge in [-0.2, -0.15) is 5.10 Å². The summed E-state index contributed by atoms with van der Waals surface area (Å²) < 4.78 is 17.1. The van der Waals surface area contributed by atoms with E-state index in [4.69, 9.17) is 14.2 Å². The minimum absolute atomic E-state index is 0.0696. The Morgan fingerprint density at radius 2 is 1.77 bits per heavy atom. The molecule has 0 aliphatic rings. The number of nitrogens with one attached hydrogen (secondary N) is 1. The fourth-order valence-electron chi connectivity index (χ4n) is 2.53. The molecular formula is C20H21N5O4S. The second-order valence-electron chi connectivity index (χ2n) is 5.92. The quantitative estimate of drug-likeness (QED) is 0.210. The number of hydrogen-bond donors (Lipinski definition) is 1. The van der Waals surface area contributed by atoms with Crippen molar-refractivity contribution in [3.05, 3.63) is 48.5 Å². The number of anilines is 1. The highest BCUT2D eigenvalue weighted by Crippen LogP contribution is 2.27. The summed E-state index contributed by atoms with van der Waals surface area (Å²) in [6.07, 6.45) is 0. The molecule has 30 heavy (non-hydrogen) atoms. The second kappa shape index (κ2) is 9.79. The number of hydrazone groups is 1. The van der Waals surface area contributed by atoms with Crippen LogP contribution in [0.4, 0.5) is 5.69 Å². The lowest BCUT2D eigenvalue weighted by Gasteiger charge is -2.09. The van der Waals surface area contributed by atoms with Gasteiger partial charge in [-0.1, -0.05) is 12.1 Å². The first-order valence-electron chi connectivity index (χ1n) is 8.84. The van der Waals surface area contributed by atoms with Crippen LogP contribution in [0.3, 0.4) is 0 Å². The molecule has 0 unspecified atom stereocenters. The minimum Gasteiger partial charge on any atom is -0.497 e. The predicted molar refractivity (Wildman–Crippen MR) is 115 cm³/mol. The number of nitrogens with zero attached hydrogens (tertiary/aromatic N) is 4. The largest absolute Gasteiger partial charge is 0.497 e. The lowest BCUT2D eigenvalue weighted by atomic mass is 10.2. The van der Waals surface area contributed by atoms with Gasteiger partial charge in [-0.3, -0.25) is 5.43 Å². The third-order valence-electron chi connectivity index (χ3n) is 4.12. The van der Waals surface area contributed by atoms with Crippen molar-refractivity contribution in [1.29, 1.82) is 0 Å². The minimum atomic E-state index is -0.601. The van der Waals surface area contributed by atoms with Crippen molar-refractivity contribution in [3.63, 3.8) is 0 Å². The van der Waals surface area contributed by atoms with Gasteiger partial charge in [0.2, 0.25) is 5.04 Å². The summed E-state index contributed by atoms with van der Waals surface area (Å²) in [4.78, 5) is 12.2. The number of esters is 1. The van der Waals surface area contributed by atoms with Gasteiger partial charge in [0.25, 0.3) is 0 Å². The SMILES string of the molecule is COC(=O)C(=NNc1ccccc1OC)Sc1nnc(-c2ccc(OC)cc2)n1C. The van der Waals surface area contributed by atoms with Crippen LogP contribution in [0.2, 0.25) is 0 Å². The van der Waals surface area contributed by atoms with Crippen LogP contribution in [-0.4, -0.2) is 47.1 Å². The summed E-state index contributed by atoms with van der Waals surface area (Å²) in [6.45, 7) is 0. The molecule has 0 fully saturated rings. The van der Waals surface area contributed by atoms with Crippen molar-refractivity contribution in [2.45, 2.75) is 5.16 Å². The molecule has 1 heterocycles. The number of thioether (sulfide) groups is 1. The number of methoxy groups -OCH3 is 3. The second-order valence-corrected chi connectivity index (χ2v) is 6.87. The van der Waals surface area contributed by atoms with E-state index >= 15 is 0 Å². The Labute approximate surface area is 178 Å². The van der Waals surface area contributed by atoms with E-state index in [9.17, 15) is 4.79 Å². The highest BCUT2D eigenvalue weighted by atomic mass is 32.2. The van der Waals surface area contributed by atoms with Gasteiger partial charge in [0.1, 0.15) is 11.5 Å². The van der Waals surface area contributed by atoms with Gasteiger partial charge in [0, 0.05) is 12.6 Å². The maximum Gasteiger partial charge on any atom is 0.365 e. The molecule has 0 bridgehead atoms. The van der Waals surface area contributed by atoms with Gasteiger partial charge in [-0.05, 0) is 48.2 Å². The molecule has 10 heteroatoms. The maximum atomic E-state index is 12.2. The zero-order chi connectivity index (χ0) is 21.5. The molecule has 156 valence electrons. The van der Waals surface area contributed by atoms with E-state index in [0.717, 1.165) is 23.1 Å². The summed E-state index contributed by atoms with van der Waals surface area (Å²) in [5.74, 6) is 1.38. The molecule has 0 aliphatic carbocycles. The fourth-order valence-corrected chi connectivity index (χ4v) is 3.26. The Balaban J connectivity index is 1.85. The number of aromatic nitrogens is 3. The third kappa shape index (κ3) is 4.71. The zero-order valence-electron chi connectivity index (χ0n) is 16.9. The van der Waals surface area contributed by atoms with E-state index in [1.807, 2.05) is 43.4 Å². The highest BCUT2D eigenvalue weighted by Gasteiger charge is 2.20. The van der Waals surface area contributed by atoms with Crippen LogP contribution in [0.25, 0.3) is 11.4 Å². The first-order valence-corrected chi connectivity index (χ1v) is 9.65. The third-order valence-corrected chi connectivity index (χ3v) is 5.11. The average molecular weight is 427 g/mol. The lowest BCUT2D eigenvalue weighted by Crippen LogP contribution is -2.15. The van der Waals surface area contributed by atoms with Crippen LogP contribution in [-0.2, 0) is 16.6 Å². The standard InChI is InChI=1S/C20H21N5O4S/c1-25-17(13-9-11-14(27-2)12-10-13)22-24-20(25)30-18(19(26)29-4)23-21-15-7-5-6-8-16(15)28-3/h5-12,21H,1-4H3. The number of ether oxygens (including phenoxy) is 3. The topological polar surface area (TPSA) is 99.9 Å². The predicted octanol–water partition coefficient (Wildman–Crippen LogP) is 3.19. The Hall–Kier alpha value is -3.53. The van der Waals surface area contributed by atoms with E-state index in [2.05, 4.69) is 20.7 Å². The number of carbonyl (C=O) groups excluding carboxylic acids is 1. The molecular weight excluding hydrogens is 406 g/mol. The normalized spacial score (nSPS) is 11.1. The van der Waals surface area contributed by atoms with Gasteiger partial charge in [-0.15, -0.1) is 10.2 Å². The van der Waals surface area contributed by atoms with Crippen molar-refractivity contribution < 1.29 is 19.0 Å². The molecule has 9 nitrogen and oxygen atoms in total. The van der Waals surface area contributed by atoms with Crippen LogP contribution < -0.4 is 14.9 Å². The van der Waals surface area contributed by atoms with Crippen LogP contribution in [0.1, 0.15) is 0 Å². The summed E-state index contributed by atoms with van der Waals surface area (Å²) in [5.41, 5.74) is 4.31. The average Bonchev–Trinajstić information content (AvgIpc) is 3.16. The molecule has 2 aromatic carbocycles. The van der Waals surface area contributed by atoms with Crippen LogP contribution in [0.15, 0.2) is 58.8 Å². The van der Waals surface area contributed by atoms with E-state index in [-0.39, 0.29) is 5.04 Å². The Morgan fingerprint density at radius 1 is 1.03 bits per heavy atom. The molecule has 1 N–H and O–H groups in total. The first-order chi connectivity index (χ1) is 14.6. The molecule has 0 atom stereocenters. The molecule has 1 aromatic heterocycles. The van der Waals surface area contributed by atoms with Crippen molar-refractivity contribution in [2.24, 2.45) is 12.1 Å². The Morgan fingerprint density at radius 3 is 2.43 bits per heavy atom. The Kier molecular flexibility index (Phi) is 6.91. The number of para-hydroxylation sites is 2. The number of hydrogen-bond acceptors (Lipinski definition) is 9. The van der Waals surface area contributed by atoms with Crippen molar-refractivity contribution >= 4 is 28.5 Å². The van der Waals surface area contributed by atoms with Gasteiger partial charge in [-0.25, -0.2) is 4.79 Å². The monoisotopic (exact) mass is 427 g/mol. The molecule has 3 rings (SSSR count). The number of carbonyl (C=O) groups is 1. The van der Waals surface area contributed by atoms with Gasteiger partial charge in [0.15, 0.2) is 11.0 Å². The van der Waals surface area contributed by atoms with Crippen molar-refractivity contribution in [1.82, 2.24) is 14.8 Å². The van der Waals surface area contributed by atoms with Gasteiger partial charge >= 0.3 is 5.97 Å². The van der Waals surface area contributed by atoms with E-state index in [0.29, 0.717) is 22.4 Å². The lowest BCUT2D eigenvalue weighted by molar-refractivity contribution is -0.132. The molecule has 3 aromatic rings. The first kappa shape index (κ1) is 21.2. The van der Waals surface area contributed by atoms with Crippen LogP contribution >= 0.6 is 11.8 Å². The molecule has 0 saturated carbocycles. The molecule has 0 radical (unpaired) electrons. The zero-order valence-corrected chi connectivity index (χ0v) is 17.8. The fraction of sp³-hybridized carbons (Fsp3) is 0.200. The van der Waals surface area contributed by atoms with Crippen molar-refractivity contribution in [3.8, 4) is 22.9 Å². The summed E-state index contributed by atoms with van der Waals surface area (Å²) in [6, 6.07) is 14.7. The Bertz CT molecular complexity index is 1050. The molecule has 0 saturated heterocycles. The smallest absolute Gasteiger partial charge is 0.365 e. The molecule has 0 amide bonds. The number of rotatable bonds is 6. The molecule has 0 aliphatic heterocycles. The number of benzene rings is 2. The van der Waals surface area contributed by atoms with E-state index in [1.165, 1.54) is 7.11 Å². The van der Waals surface area contributed by atoms with Crippen LogP contribution in [0, 0.1) is 0 Å². The highest BCUT2D eigenvalue weighted by molar-refractivity contribution is 8.15. The van der Waals surface area contributed by atoms with Gasteiger partial charge < -0.3 is 18.8 Å². The molecule has 0 spiro atoms. The van der Waals surface area contributed by atoms with Gasteiger partial charge in [0.05, 0.1) is 27.0 Å².